The Kier molecular flexibility index (Phi) is 1.63. The maximum absolute atomic E-state index is 12.1. The molecule has 0 amide bonds. The van der Waals surface area contributed by atoms with E-state index in [1.807, 2.05) is 0 Å². The molecular weight excluding hydrogens is 204 g/mol. The van der Waals surface area contributed by atoms with Gasteiger partial charge in [0.2, 0.25) is 5.78 Å². The second-order valence-electron chi connectivity index (χ2n) is 3.73. The molecule has 16 heavy (non-hydrogen) atoms. The highest BCUT2D eigenvalue weighted by Gasteiger charge is 2.32. The van der Waals surface area contributed by atoms with Crippen molar-refractivity contribution in [2.45, 2.75) is 0 Å². The first-order chi connectivity index (χ1) is 7.70. The van der Waals surface area contributed by atoms with Crippen molar-refractivity contribution in [3.63, 3.8) is 0 Å². The molecule has 1 aliphatic rings. The summed E-state index contributed by atoms with van der Waals surface area (Å²) in [5.41, 5.74) is 1.70. The lowest BCUT2D eigenvalue weighted by Crippen LogP contribution is -2.22. The van der Waals surface area contributed by atoms with Gasteiger partial charge in [-0.3, -0.25) is 14.3 Å². The summed E-state index contributed by atoms with van der Waals surface area (Å²) < 4.78 is 1.45. The lowest BCUT2D eigenvalue weighted by molar-refractivity contribution is 0.0974. The molecule has 0 aliphatic heterocycles. The molecule has 2 aromatic rings. The van der Waals surface area contributed by atoms with E-state index in [0.717, 1.165) is 0 Å². The zero-order valence-electron chi connectivity index (χ0n) is 8.60. The van der Waals surface area contributed by atoms with Crippen molar-refractivity contribution in [3.05, 3.63) is 52.8 Å². The fourth-order valence-electron chi connectivity index (χ4n) is 2.02. The highest BCUT2D eigenvalue weighted by molar-refractivity contribution is 6.27. The number of aromatic nitrogens is 2. The van der Waals surface area contributed by atoms with Gasteiger partial charge in [0, 0.05) is 18.2 Å². The molecule has 0 unspecified atom stereocenters. The average Bonchev–Trinajstić information content (AvgIpc) is 2.69. The van der Waals surface area contributed by atoms with E-state index in [1.165, 1.54) is 10.9 Å². The van der Waals surface area contributed by atoms with Crippen LogP contribution in [0, 0.1) is 0 Å². The summed E-state index contributed by atoms with van der Waals surface area (Å²) in [7, 11) is 1.66. The minimum absolute atomic E-state index is 0.127. The molecule has 4 heteroatoms. The van der Waals surface area contributed by atoms with E-state index in [0.29, 0.717) is 22.4 Å². The number of carbonyl (C=O) groups excluding carboxylic acids is 2. The van der Waals surface area contributed by atoms with E-state index in [1.54, 1.807) is 31.3 Å². The van der Waals surface area contributed by atoms with Gasteiger partial charge in [0.1, 0.15) is 5.69 Å². The van der Waals surface area contributed by atoms with E-state index in [4.69, 9.17) is 0 Å². The first-order valence-corrected chi connectivity index (χ1v) is 4.90. The standard InChI is InChI=1S/C12H8N2O2/c1-14-10-9(6-13-14)11(15)7-4-2-3-5-8(7)12(10)16/h2-6H,1H3. The molecule has 1 aromatic heterocycles. The Morgan fingerprint density at radius 1 is 1.00 bits per heavy atom. The van der Waals surface area contributed by atoms with Crippen LogP contribution in [-0.2, 0) is 7.05 Å². The van der Waals surface area contributed by atoms with Crippen LogP contribution in [0.1, 0.15) is 32.0 Å². The highest BCUT2D eigenvalue weighted by atomic mass is 16.1. The first-order valence-electron chi connectivity index (χ1n) is 4.90. The molecule has 0 saturated heterocycles. The van der Waals surface area contributed by atoms with Crippen LogP contribution in [0.3, 0.4) is 0 Å². The van der Waals surface area contributed by atoms with E-state index >= 15 is 0 Å². The Balaban J connectivity index is 2.36. The highest BCUT2D eigenvalue weighted by Crippen LogP contribution is 2.26. The Morgan fingerprint density at radius 3 is 2.31 bits per heavy atom. The van der Waals surface area contributed by atoms with Crippen LogP contribution >= 0.6 is 0 Å². The molecule has 0 N–H and O–H groups in total. The number of nitrogens with zero attached hydrogens (tertiary/aromatic N) is 2. The molecule has 1 aromatic carbocycles. The lowest BCUT2D eigenvalue weighted by atomic mass is 9.88. The van der Waals surface area contributed by atoms with Crippen molar-refractivity contribution < 1.29 is 9.59 Å². The molecule has 4 nitrogen and oxygen atoms in total. The lowest BCUT2D eigenvalue weighted by Gasteiger charge is -2.14. The number of benzene rings is 1. The molecule has 1 heterocycles. The van der Waals surface area contributed by atoms with Gasteiger partial charge in [-0.25, -0.2) is 0 Å². The molecule has 0 fully saturated rings. The van der Waals surface area contributed by atoms with E-state index < -0.39 is 0 Å². The summed E-state index contributed by atoms with van der Waals surface area (Å²) in [6.45, 7) is 0. The predicted octanol–water partition coefficient (Wildman–Crippen LogP) is 1.20. The summed E-state index contributed by atoms with van der Waals surface area (Å²) in [6.07, 6.45) is 1.45. The average molecular weight is 212 g/mol. The monoisotopic (exact) mass is 212 g/mol. The molecule has 0 bridgehead atoms. The third kappa shape index (κ3) is 0.957. The quantitative estimate of drug-likeness (QED) is 0.562. The number of ketones is 2. The van der Waals surface area contributed by atoms with Gasteiger partial charge in [-0.15, -0.1) is 0 Å². The summed E-state index contributed by atoms with van der Waals surface area (Å²) in [4.78, 5) is 24.2. The normalized spacial score (nSPS) is 13.6. The van der Waals surface area contributed by atoms with Gasteiger partial charge >= 0.3 is 0 Å². The number of carbonyl (C=O) groups is 2. The van der Waals surface area contributed by atoms with Crippen LogP contribution in [0.5, 0.6) is 0 Å². The summed E-state index contributed by atoms with van der Waals surface area (Å²) in [5.74, 6) is -0.261. The molecule has 3 rings (SSSR count). The van der Waals surface area contributed by atoms with Crippen molar-refractivity contribution in [2.24, 2.45) is 7.05 Å². The molecule has 0 saturated carbocycles. The van der Waals surface area contributed by atoms with Gasteiger partial charge < -0.3 is 0 Å². The van der Waals surface area contributed by atoms with E-state index in [2.05, 4.69) is 5.10 Å². The number of fused-ring (bicyclic) bond motifs is 2. The molecule has 0 radical (unpaired) electrons. The van der Waals surface area contributed by atoms with Gasteiger partial charge in [-0.2, -0.15) is 5.10 Å². The minimum Gasteiger partial charge on any atom is -0.288 e. The second kappa shape index (κ2) is 2.88. The number of rotatable bonds is 0. The molecule has 0 atom stereocenters. The first kappa shape index (κ1) is 9.03. The zero-order valence-corrected chi connectivity index (χ0v) is 8.60. The van der Waals surface area contributed by atoms with Crippen molar-refractivity contribution in [3.8, 4) is 0 Å². The second-order valence-corrected chi connectivity index (χ2v) is 3.73. The van der Waals surface area contributed by atoms with Crippen LogP contribution in [0.4, 0.5) is 0 Å². The summed E-state index contributed by atoms with van der Waals surface area (Å²) in [5, 5.41) is 3.96. The molecule has 78 valence electrons. The van der Waals surface area contributed by atoms with Gasteiger partial charge in [-0.1, -0.05) is 24.3 Å². The van der Waals surface area contributed by atoms with Crippen molar-refractivity contribution in [1.82, 2.24) is 9.78 Å². The molecule has 1 aliphatic carbocycles. The van der Waals surface area contributed by atoms with E-state index in [9.17, 15) is 9.59 Å². The van der Waals surface area contributed by atoms with Crippen LogP contribution in [0.25, 0.3) is 0 Å². The summed E-state index contributed by atoms with van der Waals surface area (Å²) in [6, 6.07) is 6.85. The SMILES string of the molecule is Cn1ncc2c1C(=O)c1ccccc1C2=O. The Morgan fingerprint density at radius 2 is 1.62 bits per heavy atom. The smallest absolute Gasteiger partial charge is 0.212 e. The van der Waals surface area contributed by atoms with Gasteiger partial charge in [0.25, 0.3) is 0 Å². The van der Waals surface area contributed by atoms with Crippen molar-refractivity contribution >= 4 is 11.6 Å². The number of hydrogen-bond acceptors (Lipinski definition) is 3. The van der Waals surface area contributed by atoms with Crippen LogP contribution in [-0.4, -0.2) is 21.3 Å². The third-order valence-corrected chi connectivity index (χ3v) is 2.81. The third-order valence-electron chi connectivity index (χ3n) is 2.81. The van der Waals surface area contributed by atoms with Crippen molar-refractivity contribution in [1.29, 1.82) is 0 Å². The number of aryl methyl sites for hydroxylation is 1. The number of hydrogen-bond donors (Lipinski definition) is 0. The Bertz CT molecular complexity index is 626. The van der Waals surface area contributed by atoms with Crippen LogP contribution in [0.2, 0.25) is 0 Å². The zero-order chi connectivity index (χ0) is 11.3. The Labute approximate surface area is 91.5 Å². The topological polar surface area (TPSA) is 52.0 Å². The van der Waals surface area contributed by atoms with E-state index in [-0.39, 0.29) is 11.6 Å². The fraction of sp³-hybridized carbons (Fsp3) is 0.0833. The van der Waals surface area contributed by atoms with Crippen LogP contribution in [0.15, 0.2) is 30.5 Å². The Hall–Kier alpha value is -2.23. The van der Waals surface area contributed by atoms with Crippen molar-refractivity contribution in [2.75, 3.05) is 0 Å². The van der Waals surface area contributed by atoms with Crippen LogP contribution < -0.4 is 0 Å². The molecule has 0 spiro atoms. The summed E-state index contributed by atoms with van der Waals surface area (Å²) >= 11 is 0. The largest absolute Gasteiger partial charge is 0.288 e. The van der Waals surface area contributed by atoms with Gasteiger partial charge in [0.05, 0.1) is 11.8 Å². The molecular formula is C12H8N2O2. The maximum Gasteiger partial charge on any atom is 0.212 e. The fourth-order valence-corrected chi connectivity index (χ4v) is 2.02. The minimum atomic E-state index is -0.134. The van der Waals surface area contributed by atoms with Gasteiger partial charge in [-0.05, 0) is 0 Å². The predicted molar refractivity (Wildman–Crippen MR) is 56.5 cm³/mol. The van der Waals surface area contributed by atoms with Gasteiger partial charge in [0.15, 0.2) is 5.78 Å². The maximum atomic E-state index is 12.1.